The first kappa shape index (κ1) is 28.9. The molecular weight excluding hydrogens is 436 g/mol. The zero-order valence-corrected chi connectivity index (χ0v) is 21.9. The summed E-state index contributed by atoms with van der Waals surface area (Å²) in [6.45, 7) is 11.0. The average molecular weight is 475 g/mol. The van der Waals surface area contributed by atoms with Crippen molar-refractivity contribution in [1.29, 1.82) is 0 Å². The van der Waals surface area contributed by atoms with Crippen LogP contribution in [0, 0.1) is 5.41 Å². The number of allylic oxidation sites excluding steroid dienone is 4. The molecule has 7 heteroatoms. The first-order valence-electron chi connectivity index (χ1n) is 11.2. The van der Waals surface area contributed by atoms with E-state index in [1.165, 1.54) is 26.9 Å². The summed E-state index contributed by atoms with van der Waals surface area (Å²) in [4.78, 5) is 37.3. The van der Waals surface area contributed by atoms with Crippen LogP contribution < -0.4 is 9.47 Å². The minimum atomic E-state index is -0.755. The van der Waals surface area contributed by atoms with Gasteiger partial charge in [0.05, 0.1) is 32.3 Å². The van der Waals surface area contributed by atoms with Gasteiger partial charge in [-0.3, -0.25) is 9.59 Å². The Labute approximate surface area is 203 Å². The zero-order chi connectivity index (χ0) is 26.1. The number of ether oxygens (including phenoxy) is 4. The molecule has 1 aromatic carbocycles. The van der Waals surface area contributed by atoms with Crippen molar-refractivity contribution in [3.8, 4) is 11.5 Å². The van der Waals surface area contributed by atoms with Gasteiger partial charge in [0.2, 0.25) is 0 Å². The average Bonchev–Trinajstić information content (AvgIpc) is 2.78. The minimum absolute atomic E-state index is 0.0419. The molecule has 0 unspecified atom stereocenters. The van der Waals surface area contributed by atoms with E-state index < -0.39 is 17.4 Å². The van der Waals surface area contributed by atoms with Crippen molar-refractivity contribution in [2.75, 3.05) is 21.3 Å². The van der Waals surface area contributed by atoms with Gasteiger partial charge in [-0.15, -0.1) is 0 Å². The second-order valence-electron chi connectivity index (χ2n) is 9.32. The van der Waals surface area contributed by atoms with Crippen LogP contribution in [0.3, 0.4) is 0 Å². The number of hydrogen-bond acceptors (Lipinski definition) is 7. The summed E-state index contributed by atoms with van der Waals surface area (Å²) in [5.41, 5.74) is 2.54. The predicted molar refractivity (Wildman–Crippen MR) is 132 cm³/mol. The summed E-state index contributed by atoms with van der Waals surface area (Å²) < 4.78 is 21.6. The molecule has 34 heavy (non-hydrogen) atoms. The Morgan fingerprint density at radius 2 is 1.53 bits per heavy atom. The molecule has 0 heterocycles. The molecule has 0 aromatic heterocycles. The molecule has 0 N–H and O–H groups in total. The van der Waals surface area contributed by atoms with Crippen LogP contribution in [0.25, 0.3) is 0 Å². The quantitative estimate of drug-likeness (QED) is 0.233. The fourth-order valence-electron chi connectivity index (χ4n) is 3.38. The summed E-state index contributed by atoms with van der Waals surface area (Å²) in [5.74, 6) is -0.675. The van der Waals surface area contributed by atoms with Crippen molar-refractivity contribution >= 4 is 18.2 Å². The number of rotatable bonds is 11. The van der Waals surface area contributed by atoms with Crippen molar-refractivity contribution in [3.63, 3.8) is 0 Å². The number of methoxy groups -OCH3 is 3. The van der Waals surface area contributed by atoms with Gasteiger partial charge in [0.25, 0.3) is 0 Å². The molecule has 0 spiro atoms. The van der Waals surface area contributed by atoms with Crippen molar-refractivity contribution in [2.45, 2.75) is 67.4 Å². The molecule has 0 aliphatic carbocycles. The second-order valence-corrected chi connectivity index (χ2v) is 9.32. The highest BCUT2D eigenvalue weighted by Crippen LogP contribution is 2.40. The van der Waals surface area contributed by atoms with E-state index in [1.807, 2.05) is 13.0 Å². The van der Waals surface area contributed by atoms with Crippen LogP contribution in [-0.2, 0) is 27.3 Å². The lowest BCUT2D eigenvalue weighted by molar-refractivity contribution is -0.154. The van der Waals surface area contributed by atoms with Crippen LogP contribution in [0.4, 0.5) is 0 Å². The molecule has 188 valence electrons. The largest absolute Gasteiger partial charge is 0.496 e. The smallest absolute Gasteiger partial charge is 0.342 e. The molecule has 1 rings (SSSR count). The van der Waals surface area contributed by atoms with E-state index in [-0.39, 0.29) is 34.8 Å². The Morgan fingerprint density at radius 3 is 2.00 bits per heavy atom. The highest BCUT2D eigenvalue weighted by molar-refractivity contribution is 5.99. The van der Waals surface area contributed by atoms with Crippen molar-refractivity contribution in [1.82, 2.24) is 0 Å². The Morgan fingerprint density at radius 1 is 0.912 bits per heavy atom. The maximum absolute atomic E-state index is 12.8. The van der Waals surface area contributed by atoms with Gasteiger partial charge in [0.1, 0.15) is 23.7 Å². The van der Waals surface area contributed by atoms with Crippen molar-refractivity contribution in [3.05, 3.63) is 45.6 Å². The van der Waals surface area contributed by atoms with Gasteiger partial charge in [-0.2, -0.15) is 0 Å². The number of benzene rings is 1. The molecule has 0 aliphatic heterocycles. The minimum Gasteiger partial charge on any atom is -0.496 e. The van der Waals surface area contributed by atoms with E-state index in [1.54, 1.807) is 20.8 Å². The number of aldehydes is 1. The van der Waals surface area contributed by atoms with E-state index in [0.717, 1.165) is 18.4 Å². The monoisotopic (exact) mass is 474 g/mol. The molecule has 0 amide bonds. The number of esters is 2. The van der Waals surface area contributed by atoms with Gasteiger partial charge in [0, 0.05) is 11.1 Å². The van der Waals surface area contributed by atoms with Crippen LogP contribution >= 0.6 is 0 Å². The van der Waals surface area contributed by atoms with Crippen molar-refractivity contribution in [2.24, 2.45) is 5.41 Å². The number of hydrogen-bond donors (Lipinski definition) is 0. The molecule has 0 saturated carbocycles. The summed E-state index contributed by atoms with van der Waals surface area (Å²) in [6, 6.07) is 0. The number of carbonyl (C=O) groups excluding carboxylic acids is 3. The molecule has 0 saturated heterocycles. The Balaban J connectivity index is 3.64. The molecular formula is C27H38O7. The molecule has 0 fully saturated rings. The lowest BCUT2D eigenvalue weighted by atomic mass is 9.92. The van der Waals surface area contributed by atoms with Crippen LogP contribution in [0.1, 0.15) is 86.2 Å². The summed E-state index contributed by atoms with van der Waals surface area (Å²) in [7, 11) is 4.12. The van der Waals surface area contributed by atoms with E-state index in [2.05, 4.69) is 19.9 Å². The molecule has 7 nitrogen and oxygen atoms in total. The Kier molecular flexibility index (Phi) is 11.0. The molecule has 1 aromatic rings. The maximum Gasteiger partial charge on any atom is 0.342 e. The SMILES string of the molecule is COC(=O)c1c(COC(=O)C(C)(C)C)c(C=O)c(OC)c(CC=C(C)CCC=C(C)C)c1OC. The van der Waals surface area contributed by atoms with Gasteiger partial charge in [0.15, 0.2) is 6.29 Å². The Bertz CT molecular complexity index is 958. The van der Waals surface area contributed by atoms with E-state index in [4.69, 9.17) is 18.9 Å². The Hall–Kier alpha value is -3.09. The van der Waals surface area contributed by atoms with E-state index in [9.17, 15) is 14.4 Å². The first-order chi connectivity index (χ1) is 15.9. The van der Waals surface area contributed by atoms with Crippen LogP contribution in [0.2, 0.25) is 0 Å². The zero-order valence-electron chi connectivity index (χ0n) is 21.9. The molecule has 0 aliphatic rings. The highest BCUT2D eigenvalue weighted by Gasteiger charge is 2.31. The summed E-state index contributed by atoms with van der Waals surface area (Å²) in [6.07, 6.45) is 6.96. The van der Waals surface area contributed by atoms with Gasteiger partial charge in [-0.25, -0.2) is 4.79 Å². The van der Waals surface area contributed by atoms with Gasteiger partial charge >= 0.3 is 11.9 Å². The van der Waals surface area contributed by atoms with Gasteiger partial charge < -0.3 is 18.9 Å². The summed E-state index contributed by atoms with van der Waals surface area (Å²) in [5, 5.41) is 0. The molecule has 0 radical (unpaired) electrons. The molecule has 0 atom stereocenters. The fourth-order valence-corrected chi connectivity index (χ4v) is 3.38. The van der Waals surface area contributed by atoms with Crippen molar-refractivity contribution < 1.29 is 33.3 Å². The summed E-state index contributed by atoms with van der Waals surface area (Å²) >= 11 is 0. The maximum atomic E-state index is 12.8. The second kappa shape index (κ2) is 13.0. The number of carbonyl (C=O) groups is 3. The fraction of sp³-hybridized carbons (Fsp3) is 0.519. The predicted octanol–water partition coefficient (Wildman–Crippen LogP) is 5.63. The lowest BCUT2D eigenvalue weighted by Crippen LogP contribution is -2.24. The van der Waals surface area contributed by atoms with Gasteiger partial charge in [-0.1, -0.05) is 23.3 Å². The third-order valence-electron chi connectivity index (χ3n) is 5.27. The third kappa shape index (κ3) is 7.47. The third-order valence-corrected chi connectivity index (χ3v) is 5.27. The van der Waals surface area contributed by atoms with E-state index in [0.29, 0.717) is 18.3 Å². The first-order valence-corrected chi connectivity index (χ1v) is 11.2. The topological polar surface area (TPSA) is 88.1 Å². The standard InChI is InChI=1S/C27H38O7/c1-17(2)11-10-12-18(3)13-14-19-23(31-7)20(15-28)21(16-34-26(30)27(4,5)6)22(24(19)32-8)25(29)33-9/h11,13,15H,10,12,14,16H2,1-9H3. The van der Waals surface area contributed by atoms with Crippen LogP contribution in [0.5, 0.6) is 11.5 Å². The van der Waals surface area contributed by atoms with E-state index >= 15 is 0 Å². The lowest BCUT2D eigenvalue weighted by Gasteiger charge is -2.23. The highest BCUT2D eigenvalue weighted by atomic mass is 16.5. The normalized spacial score (nSPS) is 11.5. The van der Waals surface area contributed by atoms with Gasteiger partial charge in [-0.05, 0) is 60.8 Å². The van der Waals surface area contributed by atoms with Crippen LogP contribution in [-0.4, -0.2) is 39.6 Å². The molecule has 0 bridgehead atoms. The van der Waals surface area contributed by atoms with Crippen LogP contribution in [0.15, 0.2) is 23.3 Å².